The van der Waals surface area contributed by atoms with Gasteiger partial charge in [0.2, 0.25) is 5.95 Å². The van der Waals surface area contributed by atoms with Gasteiger partial charge in [0, 0.05) is 30.7 Å². The number of rotatable bonds is 4. The Labute approximate surface area is 136 Å². The standard InChI is InChI=1S/C18H23N5/c19-9-14-3-5-15(6-4-14)22-16-10-20-17(21-11-16)23-12-18(13-23)7-1-2-8-18/h3-6,10-11,22H,1-2,7-9,12-13,19H2. The van der Waals surface area contributed by atoms with Gasteiger partial charge >= 0.3 is 0 Å². The first-order chi connectivity index (χ1) is 11.3. The summed E-state index contributed by atoms with van der Waals surface area (Å²) in [6.45, 7) is 2.82. The van der Waals surface area contributed by atoms with Gasteiger partial charge in [-0.15, -0.1) is 0 Å². The van der Waals surface area contributed by atoms with E-state index in [1.807, 2.05) is 36.7 Å². The van der Waals surface area contributed by atoms with E-state index in [1.165, 1.54) is 25.7 Å². The molecule has 2 aromatic rings. The molecule has 2 heterocycles. The molecule has 1 aliphatic carbocycles. The predicted octanol–water partition coefficient (Wildman–Crippen LogP) is 3.06. The quantitative estimate of drug-likeness (QED) is 0.908. The maximum atomic E-state index is 5.61. The van der Waals surface area contributed by atoms with Crippen LogP contribution in [0.5, 0.6) is 0 Å². The molecule has 0 amide bonds. The Hall–Kier alpha value is -2.14. The van der Waals surface area contributed by atoms with E-state index in [4.69, 9.17) is 5.73 Å². The number of hydrogen-bond donors (Lipinski definition) is 2. The Morgan fingerprint density at radius 1 is 1.00 bits per heavy atom. The van der Waals surface area contributed by atoms with E-state index in [1.54, 1.807) is 0 Å². The molecule has 1 aromatic carbocycles. The first-order valence-electron chi connectivity index (χ1n) is 8.39. The molecule has 1 saturated heterocycles. The minimum absolute atomic E-state index is 0.565. The van der Waals surface area contributed by atoms with Gasteiger partial charge in [0.25, 0.3) is 0 Å². The number of aromatic nitrogens is 2. The third-order valence-corrected chi connectivity index (χ3v) is 5.12. The van der Waals surface area contributed by atoms with E-state index in [-0.39, 0.29) is 0 Å². The predicted molar refractivity (Wildman–Crippen MR) is 92.8 cm³/mol. The number of nitrogens with two attached hydrogens (primary N) is 1. The van der Waals surface area contributed by atoms with Crippen LogP contribution < -0.4 is 16.0 Å². The fourth-order valence-corrected chi connectivity index (χ4v) is 3.79. The second-order valence-electron chi connectivity index (χ2n) is 6.86. The summed E-state index contributed by atoms with van der Waals surface area (Å²) in [5.41, 5.74) is 9.24. The lowest BCUT2D eigenvalue weighted by atomic mass is 9.78. The van der Waals surface area contributed by atoms with Crippen molar-refractivity contribution < 1.29 is 0 Å². The molecule has 5 heteroatoms. The molecule has 2 aliphatic rings. The van der Waals surface area contributed by atoms with Gasteiger partial charge in [-0.05, 0) is 30.5 Å². The SMILES string of the molecule is NCc1ccc(Nc2cnc(N3CC4(CCCC4)C3)nc2)cc1. The molecule has 3 N–H and O–H groups in total. The first kappa shape index (κ1) is 14.5. The average Bonchev–Trinajstić information content (AvgIpc) is 3.05. The monoisotopic (exact) mass is 309 g/mol. The van der Waals surface area contributed by atoms with E-state index in [0.717, 1.165) is 36.0 Å². The molecule has 5 nitrogen and oxygen atoms in total. The van der Waals surface area contributed by atoms with Gasteiger partial charge in [0.05, 0.1) is 18.1 Å². The number of hydrogen-bond acceptors (Lipinski definition) is 5. The van der Waals surface area contributed by atoms with Gasteiger partial charge in [-0.25, -0.2) is 9.97 Å². The first-order valence-corrected chi connectivity index (χ1v) is 8.39. The molecule has 1 aromatic heterocycles. The summed E-state index contributed by atoms with van der Waals surface area (Å²) in [7, 11) is 0. The van der Waals surface area contributed by atoms with Crippen molar-refractivity contribution in [3.63, 3.8) is 0 Å². The van der Waals surface area contributed by atoms with Crippen molar-refractivity contribution in [3.8, 4) is 0 Å². The van der Waals surface area contributed by atoms with Crippen LogP contribution in [0.4, 0.5) is 17.3 Å². The minimum Gasteiger partial charge on any atom is -0.353 e. The van der Waals surface area contributed by atoms with E-state index in [2.05, 4.69) is 20.2 Å². The fourth-order valence-electron chi connectivity index (χ4n) is 3.79. The van der Waals surface area contributed by atoms with Crippen molar-refractivity contribution in [2.24, 2.45) is 11.1 Å². The Bertz CT molecular complexity index is 651. The molecule has 120 valence electrons. The Kier molecular flexibility index (Phi) is 3.65. The van der Waals surface area contributed by atoms with E-state index in [0.29, 0.717) is 12.0 Å². The maximum Gasteiger partial charge on any atom is 0.225 e. The van der Waals surface area contributed by atoms with Gasteiger partial charge in [-0.3, -0.25) is 0 Å². The van der Waals surface area contributed by atoms with E-state index in [9.17, 15) is 0 Å². The normalized spacial score (nSPS) is 18.9. The van der Waals surface area contributed by atoms with Crippen LogP contribution in [0.3, 0.4) is 0 Å². The van der Waals surface area contributed by atoms with Gasteiger partial charge in [-0.1, -0.05) is 25.0 Å². The summed E-state index contributed by atoms with van der Waals surface area (Å²) in [5.74, 6) is 0.853. The Morgan fingerprint density at radius 2 is 1.65 bits per heavy atom. The number of nitrogens with zero attached hydrogens (tertiary/aromatic N) is 3. The van der Waals surface area contributed by atoms with Crippen molar-refractivity contribution in [2.75, 3.05) is 23.3 Å². The summed E-state index contributed by atoms with van der Waals surface area (Å²) < 4.78 is 0. The molecule has 1 aliphatic heterocycles. The van der Waals surface area contributed by atoms with Crippen LogP contribution in [-0.4, -0.2) is 23.1 Å². The molecule has 0 bridgehead atoms. The molecular formula is C18H23N5. The third-order valence-electron chi connectivity index (χ3n) is 5.12. The minimum atomic E-state index is 0.565. The van der Waals surface area contributed by atoms with Crippen molar-refractivity contribution >= 4 is 17.3 Å². The van der Waals surface area contributed by atoms with Crippen LogP contribution in [0.15, 0.2) is 36.7 Å². The molecule has 23 heavy (non-hydrogen) atoms. The fraction of sp³-hybridized carbons (Fsp3) is 0.444. The van der Waals surface area contributed by atoms with Gasteiger partial charge in [-0.2, -0.15) is 0 Å². The Morgan fingerprint density at radius 3 is 2.26 bits per heavy atom. The summed E-state index contributed by atoms with van der Waals surface area (Å²) >= 11 is 0. The van der Waals surface area contributed by atoms with Crippen LogP contribution in [-0.2, 0) is 6.54 Å². The van der Waals surface area contributed by atoms with Crippen LogP contribution in [0, 0.1) is 5.41 Å². The maximum absolute atomic E-state index is 5.61. The molecule has 0 unspecified atom stereocenters. The zero-order chi connectivity index (χ0) is 15.7. The highest BCUT2D eigenvalue weighted by Gasteiger charge is 2.45. The molecule has 1 spiro atoms. The summed E-state index contributed by atoms with van der Waals surface area (Å²) in [5, 5.41) is 3.32. The summed E-state index contributed by atoms with van der Waals surface area (Å²) in [6, 6.07) is 8.10. The lowest BCUT2D eigenvalue weighted by Gasteiger charge is -2.48. The topological polar surface area (TPSA) is 67.1 Å². The number of nitrogens with one attached hydrogen (secondary N) is 1. The molecule has 1 saturated carbocycles. The highest BCUT2D eigenvalue weighted by atomic mass is 15.3. The molecule has 2 fully saturated rings. The highest BCUT2D eigenvalue weighted by molar-refractivity contribution is 5.58. The van der Waals surface area contributed by atoms with Crippen LogP contribution in [0.2, 0.25) is 0 Å². The second kappa shape index (κ2) is 5.81. The third kappa shape index (κ3) is 2.88. The largest absolute Gasteiger partial charge is 0.353 e. The smallest absolute Gasteiger partial charge is 0.225 e. The van der Waals surface area contributed by atoms with Crippen molar-refractivity contribution in [2.45, 2.75) is 32.2 Å². The summed E-state index contributed by atoms with van der Waals surface area (Å²) in [4.78, 5) is 11.3. The van der Waals surface area contributed by atoms with Gasteiger partial charge in [0.1, 0.15) is 0 Å². The van der Waals surface area contributed by atoms with E-state index < -0.39 is 0 Å². The lowest BCUT2D eigenvalue weighted by Crippen LogP contribution is -2.55. The van der Waals surface area contributed by atoms with Crippen LogP contribution in [0.1, 0.15) is 31.2 Å². The van der Waals surface area contributed by atoms with E-state index >= 15 is 0 Å². The molecular weight excluding hydrogens is 286 g/mol. The zero-order valence-corrected chi connectivity index (χ0v) is 13.3. The summed E-state index contributed by atoms with van der Waals surface area (Å²) in [6.07, 6.45) is 9.25. The zero-order valence-electron chi connectivity index (χ0n) is 13.3. The van der Waals surface area contributed by atoms with Gasteiger partial charge in [0.15, 0.2) is 0 Å². The van der Waals surface area contributed by atoms with Crippen molar-refractivity contribution in [1.29, 1.82) is 0 Å². The molecule has 0 atom stereocenters. The highest BCUT2D eigenvalue weighted by Crippen LogP contribution is 2.46. The number of anilines is 3. The molecule has 4 rings (SSSR count). The molecule has 0 radical (unpaired) electrons. The average molecular weight is 309 g/mol. The number of benzene rings is 1. The Balaban J connectivity index is 1.38. The van der Waals surface area contributed by atoms with Crippen molar-refractivity contribution in [1.82, 2.24) is 9.97 Å². The second-order valence-corrected chi connectivity index (χ2v) is 6.86. The van der Waals surface area contributed by atoms with Gasteiger partial charge < -0.3 is 16.0 Å². The van der Waals surface area contributed by atoms with Crippen molar-refractivity contribution in [3.05, 3.63) is 42.2 Å². The van der Waals surface area contributed by atoms with Crippen LogP contribution >= 0.6 is 0 Å². The van der Waals surface area contributed by atoms with Crippen LogP contribution in [0.25, 0.3) is 0 Å². The lowest BCUT2D eigenvalue weighted by molar-refractivity contribution is 0.219.